The third-order valence-electron chi connectivity index (χ3n) is 13.0. The average molecular weight is 777 g/mol. The van der Waals surface area contributed by atoms with Crippen LogP contribution in [0.15, 0.2) is 154 Å². The van der Waals surface area contributed by atoms with Crippen molar-refractivity contribution in [1.82, 2.24) is 4.57 Å². The lowest BCUT2D eigenvalue weighted by atomic mass is 9.40. The highest BCUT2D eigenvalue weighted by Gasteiger charge is 2.34. The lowest BCUT2D eigenvalue weighted by molar-refractivity contribution is 0.590. The molecule has 0 atom stereocenters. The Hall–Kier alpha value is -6.76. The van der Waals surface area contributed by atoms with Crippen LogP contribution in [0.2, 0.25) is 6.82 Å². The van der Waals surface area contributed by atoms with Crippen molar-refractivity contribution in [2.75, 3.05) is 5.32 Å². The number of para-hydroxylation sites is 2. The van der Waals surface area contributed by atoms with E-state index in [2.05, 4.69) is 177 Å². The zero-order valence-corrected chi connectivity index (χ0v) is 33.9. The van der Waals surface area contributed by atoms with Crippen LogP contribution in [0.3, 0.4) is 0 Å². The summed E-state index contributed by atoms with van der Waals surface area (Å²) in [7, 11) is 0. The first-order valence-corrected chi connectivity index (χ1v) is 21.3. The predicted octanol–water partition coefficient (Wildman–Crippen LogP) is 14.2. The molecule has 0 aliphatic carbocycles. The molecule has 280 valence electrons. The standard InChI is InChI=1S/C53H37BN2O2S/c1-53(2,3)29-17-19-30(20-18-29)55-40-28-46-37(31-11-5-8-14-43(31)58-46)25-36(40)33-21-22-35-49-41(23-24-45-50(49)34-13-6-9-15-44(34)57-45)56-42-26-38-32-12-7-10-16-47(32)59-48(38)27-39(42)54(4)51(33)52(35)56/h5-28,55H,1-4H3. The molecule has 59 heavy (non-hydrogen) atoms. The van der Waals surface area contributed by atoms with Gasteiger partial charge in [-0.05, 0) is 88.1 Å². The summed E-state index contributed by atoms with van der Waals surface area (Å²) in [6.07, 6.45) is 0. The second-order valence-electron chi connectivity index (χ2n) is 17.4. The molecule has 0 amide bonds. The quantitative estimate of drug-likeness (QED) is 0.182. The van der Waals surface area contributed by atoms with E-state index in [1.165, 1.54) is 75.1 Å². The Morgan fingerprint density at radius 1 is 0.559 bits per heavy atom. The van der Waals surface area contributed by atoms with Crippen LogP contribution in [-0.2, 0) is 5.41 Å². The Kier molecular flexibility index (Phi) is 6.58. The minimum absolute atomic E-state index is 0.0651. The van der Waals surface area contributed by atoms with Gasteiger partial charge in [-0.25, -0.2) is 0 Å². The van der Waals surface area contributed by atoms with Crippen molar-refractivity contribution >= 4 is 126 Å². The molecule has 0 spiro atoms. The zero-order chi connectivity index (χ0) is 39.3. The van der Waals surface area contributed by atoms with Crippen LogP contribution >= 0.6 is 11.3 Å². The molecular formula is C53H37BN2O2S. The van der Waals surface area contributed by atoms with Crippen LogP contribution in [0, 0.1) is 0 Å². The fourth-order valence-corrected chi connectivity index (χ4v) is 11.3. The van der Waals surface area contributed by atoms with E-state index in [0.717, 1.165) is 55.4 Å². The van der Waals surface area contributed by atoms with Crippen molar-refractivity contribution < 1.29 is 8.83 Å². The first kappa shape index (κ1) is 33.2. The molecule has 0 bridgehead atoms. The van der Waals surface area contributed by atoms with Gasteiger partial charge in [0.2, 0.25) is 6.71 Å². The Balaban J connectivity index is 1.15. The molecule has 1 N–H and O–H groups in total. The normalized spacial score (nSPS) is 13.1. The van der Waals surface area contributed by atoms with Crippen LogP contribution in [0.5, 0.6) is 0 Å². The molecule has 8 aromatic carbocycles. The van der Waals surface area contributed by atoms with E-state index in [0.29, 0.717) is 0 Å². The van der Waals surface area contributed by atoms with Gasteiger partial charge >= 0.3 is 0 Å². The number of benzene rings is 8. The van der Waals surface area contributed by atoms with E-state index in [1.807, 2.05) is 17.4 Å². The Labute approximate surface area is 344 Å². The van der Waals surface area contributed by atoms with Crippen LogP contribution < -0.4 is 16.2 Å². The first-order valence-electron chi connectivity index (χ1n) is 20.5. The van der Waals surface area contributed by atoms with Gasteiger partial charge in [0, 0.05) is 81.0 Å². The highest BCUT2D eigenvalue weighted by Crippen LogP contribution is 2.46. The molecule has 0 saturated carbocycles. The van der Waals surface area contributed by atoms with Crippen molar-refractivity contribution in [3.8, 4) is 16.8 Å². The smallest absolute Gasteiger partial charge is 0.212 e. The molecule has 12 aromatic rings. The summed E-state index contributed by atoms with van der Waals surface area (Å²) in [5.74, 6) is 0. The first-order chi connectivity index (χ1) is 28.8. The number of hydrogen-bond donors (Lipinski definition) is 1. The number of fused-ring (bicyclic) bond motifs is 15. The molecule has 1 aliphatic rings. The number of nitrogens with one attached hydrogen (secondary N) is 1. The number of anilines is 2. The molecule has 0 fully saturated rings. The molecule has 4 nitrogen and oxygen atoms in total. The number of hydrogen-bond acceptors (Lipinski definition) is 4. The van der Waals surface area contributed by atoms with E-state index >= 15 is 0 Å². The van der Waals surface area contributed by atoms with E-state index in [4.69, 9.17) is 8.83 Å². The zero-order valence-electron chi connectivity index (χ0n) is 33.1. The van der Waals surface area contributed by atoms with Gasteiger partial charge in [0.05, 0.1) is 11.2 Å². The highest BCUT2D eigenvalue weighted by molar-refractivity contribution is 7.26. The molecule has 5 heterocycles. The number of nitrogens with zero attached hydrogens (tertiary/aromatic N) is 1. The molecule has 1 aliphatic heterocycles. The second kappa shape index (κ2) is 11.7. The summed E-state index contributed by atoms with van der Waals surface area (Å²) in [5.41, 5.74) is 15.7. The van der Waals surface area contributed by atoms with E-state index < -0.39 is 0 Å². The van der Waals surface area contributed by atoms with Crippen molar-refractivity contribution in [2.24, 2.45) is 0 Å². The molecule has 6 heteroatoms. The predicted molar refractivity (Wildman–Crippen MR) is 253 cm³/mol. The van der Waals surface area contributed by atoms with Gasteiger partial charge in [-0.1, -0.05) is 106 Å². The summed E-state index contributed by atoms with van der Waals surface area (Å²) in [5, 5.41) is 13.5. The van der Waals surface area contributed by atoms with Crippen molar-refractivity contribution in [3.05, 3.63) is 151 Å². The molecule has 13 rings (SSSR count). The van der Waals surface area contributed by atoms with Gasteiger partial charge in [-0.3, -0.25) is 0 Å². The maximum Gasteiger partial charge on any atom is 0.212 e. The maximum absolute atomic E-state index is 6.53. The fraction of sp³-hybridized carbons (Fsp3) is 0.0943. The van der Waals surface area contributed by atoms with Crippen molar-refractivity contribution in [1.29, 1.82) is 0 Å². The summed E-state index contributed by atoms with van der Waals surface area (Å²) in [6.45, 7) is 9.28. The number of thiophene rings is 1. The van der Waals surface area contributed by atoms with Gasteiger partial charge in [0.25, 0.3) is 0 Å². The SMILES string of the molecule is CB1c2cc3sc4ccccc4c3cc2-n2c3ccc4oc5ccccc5c4c3c3ccc(-c4cc5c(cc4Nc4ccc(C(C)(C)C)cc4)oc4ccccc45)c1c32. The number of furan rings is 2. The van der Waals surface area contributed by atoms with Gasteiger partial charge in [-0.2, -0.15) is 0 Å². The van der Waals surface area contributed by atoms with Crippen LogP contribution in [0.1, 0.15) is 26.3 Å². The minimum Gasteiger partial charge on any atom is -0.456 e. The summed E-state index contributed by atoms with van der Waals surface area (Å²) < 4.78 is 18.3. The average Bonchev–Trinajstić information content (AvgIpc) is 4.00. The Morgan fingerprint density at radius 3 is 2.10 bits per heavy atom. The van der Waals surface area contributed by atoms with Crippen LogP contribution in [-0.4, -0.2) is 11.3 Å². The Bertz CT molecular complexity index is 3760. The topological polar surface area (TPSA) is 43.2 Å². The maximum atomic E-state index is 6.53. The summed E-state index contributed by atoms with van der Waals surface area (Å²) in [4.78, 5) is 0. The van der Waals surface area contributed by atoms with Crippen LogP contribution in [0.4, 0.5) is 11.4 Å². The lowest BCUT2D eigenvalue weighted by Gasteiger charge is -2.28. The van der Waals surface area contributed by atoms with Gasteiger partial charge in [-0.15, -0.1) is 11.3 Å². The molecule has 0 unspecified atom stereocenters. The fourth-order valence-electron chi connectivity index (χ4n) is 10.1. The third kappa shape index (κ3) is 4.61. The Morgan fingerprint density at radius 2 is 1.29 bits per heavy atom. The minimum atomic E-state index is 0.0651. The van der Waals surface area contributed by atoms with Gasteiger partial charge in [0.1, 0.15) is 22.3 Å². The van der Waals surface area contributed by atoms with E-state index in [-0.39, 0.29) is 12.1 Å². The molecular weight excluding hydrogens is 739 g/mol. The molecule has 0 saturated heterocycles. The summed E-state index contributed by atoms with van der Waals surface area (Å²) in [6, 6.07) is 53.2. The summed E-state index contributed by atoms with van der Waals surface area (Å²) >= 11 is 1.89. The lowest BCUT2D eigenvalue weighted by Crippen LogP contribution is -2.46. The molecule has 0 radical (unpaired) electrons. The number of rotatable bonds is 3. The van der Waals surface area contributed by atoms with E-state index in [9.17, 15) is 0 Å². The monoisotopic (exact) mass is 776 g/mol. The third-order valence-corrected chi connectivity index (χ3v) is 14.1. The van der Waals surface area contributed by atoms with E-state index in [1.54, 1.807) is 0 Å². The van der Waals surface area contributed by atoms with Crippen molar-refractivity contribution in [2.45, 2.75) is 33.0 Å². The van der Waals surface area contributed by atoms with Gasteiger partial charge in [0.15, 0.2) is 0 Å². The van der Waals surface area contributed by atoms with Crippen molar-refractivity contribution in [3.63, 3.8) is 0 Å². The van der Waals surface area contributed by atoms with Crippen LogP contribution in [0.25, 0.3) is 103 Å². The highest BCUT2D eigenvalue weighted by atomic mass is 32.1. The second-order valence-corrected chi connectivity index (χ2v) is 18.4. The largest absolute Gasteiger partial charge is 0.456 e. The molecule has 4 aromatic heterocycles. The number of aromatic nitrogens is 1. The van der Waals surface area contributed by atoms with Gasteiger partial charge < -0.3 is 18.7 Å².